The Morgan fingerprint density at radius 3 is 2.23 bits per heavy atom. The Labute approximate surface area is 205 Å². The van der Waals surface area contributed by atoms with Crippen molar-refractivity contribution in [3.8, 4) is 11.5 Å². The van der Waals surface area contributed by atoms with E-state index in [1.807, 2.05) is 26.0 Å². The highest BCUT2D eigenvalue weighted by atomic mass is 16.5. The summed E-state index contributed by atoms with van der Waals surface area (Å²) in [5, 5.41) is 11.2. The molecule has 186 valence electrons. The van der Waals surface area contributed by atoms with Crippen molar-refractivity contribution >= 4 is 17.4 Å². The summed E-state index contributed by atoms with van der Waals surface area (Å²) < 4.78 is 16.4. The summed E-state index contributed by atoms with van der Waals surface area (Å²) in [5.74, 6) is -0.170. The number of hydrogen-bond acceptors (Lipinski definition) is 7. The van der Waals surface area contributed by atoms with Gasteiger partial charge in [0.15, 0.2) is 0 Å². The molecule has 2 aliphatic rings. The van der Waals surface area contributed by atoms with Crippen LogP contribution in [-0.4, -0.2) is 79.2 Å². The summed E-state index contributed by atoms with van der Waals surface area (Å²) in [6, 6.07) is 13.4. The number of amides is 1. The molecule has 2 heterocycles. The number of likely N-dealkylation sites (tertiary alicyclic amines) is 1. The SMILES string of the molecule is COc1ccc(C2/C(=C(\O)c3ccc(OC(C)C)cc3)C(=O)C(=O)N2CCN2CCOCC2)cc1. The maximum Gasteiger partial charge on any atom is 0.295 e. The van der Waals surface area contributed by atoms with E-state index in [9.17, 15) is 14.7 Å². The number of hydrogen-bond donors (Lipinski definition) is 1. The van der Waals surface area contributed by atoms with Gasteiger partial charge < -0.3 is 24.2 Å². The summed E-state index contributed by atoms with van der Waals surface area (Å²) in [5.41, 5.74) is 1.26. The molecule has 2 aromatic rings. The van der Waals surface area contributed by atoms with E-state index in [0.29, 0.717) is 43.4 Å². The Morgan fingerprint density at radius 1 is 1.00 bits per heavy atom. The molecular weight excluding hydrogens is 448 g/mol. The smallest absolute Gasteiger partial charge is 0.295 e. The fraction of sp³-hybridized carbons (Fsp3) is 0.407. The van der Waals surface area contributed by atoms with Crippen molar-refractivity contribution in [3.63, 3.8) is 0 Å². The molecule has 4 rings (SSSR count). The predicted molar refractivity (Wildman–Crippen MR) is 131 cm³/mol. The highest BCUT2D eigenvalue weighted by Gasteiger charge is 2.46. The van der Waals surface area contributed by atoms with Crippen LogP contribution in [0, 0.1) is 0 Å². The van der Waals surface area contributed by atoms with Gasteiger partial charge in [-0.15, -0.1) is 0 Å². The molecule has 8 nitrogen and oxygen atoms in total. The Balaban J connectivity index is 1.69. The van der Waals surface area contributed by atoms with E-state index in [-0.39, 0.29) is 17.4 Å². The number of carbonyl (C=O) groups excluding carboxylic acids is 2. The minimum Gasteiger partial charge on any atom is -0.507 e. The number of carbonyl (C=O) groups is 2. The second-order valence-electron chi connectivity index (χ2n) is 8.91. The largest absolute Gasteiger partial charge is 0.507 e. The normalized spacial score (nSPS) is 20.5. The van der Waals surface area contributed by atoms with Crippen molar-refractivity contribution in [2.24, 2.45) is 0 Å². The Bertz CT molecular complexity index is 1070. The van der Waals surface area contributed by atoms with Crippen molar-refractivity contribution < 1.29 is 28.9 Å². The lowest BCUT2D eigenvalue weighted by Gasteiger charge is -2.31. The maximum absolute atomic E-state index is 13.2. The van der Waals surface area contributed by atoms with Gasteiger partial charge in [0.1, 0.15) is 17.3 Å². The molecule has 35 heavy (non-hydrogen) atoms. The van der Waals surface area contributed by atoms with Crippen LogP contribution in [0.15, 0.2) is 54.1 Å². The molecule has 0 aliphatic carbocycles. The van der Waals surface area contributed by atoms with Crippen molar-refractivity contribution in [2.75, 3.05) is 46.5 Å². The third-order valence-electron chi connectivity index (χ3n) is 6.23. The number of benzene rings is 2. The van der Waals surface area contributed by atoms with Crippen LogP contribution in [0.4, 0.5) is 0 Å². The van der Waals surface area contributed by atoms with E-state index in [4.69, 9.17) is 14.2 Å². The third-order valence-corrected chi connectivity index (χ3v) is 6.23. The van der Waals surface area contributed by atoms with E-state index in [1.165, 1.54) is 0 Å². The highest BCUT2D eigenvalue weighted by Crippen LogP contribution is 2.40. The molecule has 2 saturated heterocycles. The van der Waals surface area contributed by atoms with Gasteiger partial charge in [0.2, 0.25) is 0 Å². The first-order valence-electron chi connectivity index (χ1n) is 11.9. The molecule has 0 aromatic heterocycles. The lowest BCUT2D eigenvalue weighted by atomic mass is 9.95. The van der Waals surface area contributed by atoms with E-state index in [2.05, 4.69) is 4.90 Å². The van der Waals surface area contributed by atoms with Gasteiger partial charge in [-0.05, 0) is 55.8 Å². The van der Waals surface area contributed by atoms with Gasteiger partial charge in [0.05, 0.1) is 38.0 Å². The van der Waals surface area contributed by atoms with Gasteiger partial charge in [-0.25, -0.2) is 0 Å². The number of rotatable bonds is 8. The minimum atomic E-state index is -0.700. The van der Waals surface area contributed by atoms with Crippen LogP contribution in [0.1, 0.15) is 31.0 Å². The summed E-state index contributed by atoms with van der Waals surface area (Å²) in [4.78, 5) is 30.1. The standard InChI is InChI=1S/C27H32N2O6/c1-18(2)35-22-10-6-20(7-11-22)25(30)23-24(19-4-8-21(33-3)9-5-19)29(27(32)26(23)31)13-12-28-14-16-34-17-15-28/h4-11,18,24,30H,12-17H2,1-3H3/b25-23+. The Hall–Kier alpha value is -3.36. The molecule has 1 atom stereocenters. The van der Waals surface area contributed by atoms with Crippen molar-refractivity contribution in [1.29, 1.82) is 0 Å². The maximum atomic E-state index is 13.2. The molecule has 0 spiro atoms. The molecule has 2 fully saturated rings. The van der Waals surface area contributed by atoms with Crippen LogP contribution in [0.5, 0.6) is 11.5 Å². The van der Waals surface area contributed by atoms with E-state index < -0.39 is 17.7 Å². The number of aliphatic hydroxyl groups is 1. The quantitative estimate of drug-likeness (QED) is 0.353. The van der Waals surface area contributed by atoms with Gasteiger partial charge in [-0.3, -0.25) is 14.5 Å². The zero-order valence-corrected chi connectivity index (χ0v) is 20.4. The number of ketones is 1. The molecule has 0 saturated carbocycles. The monoisotopic (exact) mass is 480 g/mol. The van der Waals surface area contributed by atoms with Crippen LogP contribution < -0.4 is 9.47 Å². The molecule has 2 aromatic carbocycles. The first-order chi connectivity index (χ1) is 16.9. The van der Waals surface area contributed by atoms with Crippen LogP contribution in [0.2, 0.25) is 0 Å². The molecule has 1 amide bonds. The van der Waals surface area contributed by atoms with Gasteiger partial charge >= 0.3 is 0 Å². The highest BCUT2D eigenvalue weighted by molar-refractivity contribution is 6.46. The van der Waals surface area contributed by atoms with Crippen molar-refractivity contribution in [2.45, 2.75) is 26.0 Å². The first kappa shape index (κ1) is 24.8. The Kier molecular flexibility index (Phi) is 7.73. The number of methoxy groups -OCH3 is 1. The second kappa shape index (κ2) is 10.9. The molecule has 2 aliphatic heterocycles. The topological polar surface area (TPSA) is 88.5 Å². The van der Waals surface area contributed by atoms with Crippen LogP contribution in [-0.2, 0) is 14.3 Å². The van der Waals surface area contributed by atoms with Crippen LogP contribution in [0.25, 0.3) is 5.76 Å². The zero-order valence-electron chi connectivity index (χ0n) is 20.4. The summed E-state index contributed by atoms with van der Waals surface area (Å²) in [6.45, 7) is 7.70. The van der Waals surface area contributed by atoms with Gasteiger partial charge in [0, 0.05) is 31.7 Å². The number of Topliss-reactive ketones (excluding diaryl/α,β-unsaturated/α-hetero) is 1. The fourth-order valence-corrected chi connectivity index (χ4v) is 4.44. The molecule has 1 N–H and O–H groups in total. The Morgan fingerprint density at radius 2 is 1.63 bits per heavy atom. The number of nitrogens with zero attached hydrogens (tertiary/aromatic N) is 2. The number of aliphatic hydroxyl groups excluding tert-OH is 1. The van der Waals surface area contributed by atoms with Crippen molar-refractivity contribution in [1.82, 2.24) is 9.80 Å². The van der Waals surface area contributed by atoms with Gasteiger partial charge in [-0.2, -0.15) is 0 Å². The number of morpholine rings is 1. The summed E-state index contributed by atoms with van der Waals surface area (Å²) in [6.07, 6.45) is 0.0151. The summed E-state index contributed by atoms with van der Waals surface area (Å²) in [7, 11) is 1.58. The molecule has 0 radical (unpaired) electrons. The molecule has 1 unspecified atom stereocenters. The lowest BCUT2D eigenvalue weighted by Crippen LogP contribution is -2.42. The molecule has 0 bridgehead atoms. The second-order valence-corrected chi connectivity index (χ2v) is 8.91. The third kappa shape index (κ3) is 5.49. The van der Waals surface area contributed by atoms with Crippen LogP contribution >= 0.6 is 0 Å². The fourth-order valence-electron chi connectivity index (χ4n) is 4.44. The molecule has 8 heteroatoms. The van der Waals surface area contributed by atoms with Crippen molar-refractivity contribution in [3.05, 3.63) is 65.2 Å². The van der Waals surface area contributed by atoms with Crippen LogP contribution in [0.3, 0.4) is 0 Å². The van der Waals surface area contributed by atoms with E-state index in [0.717, 1.165) is 18.7 Å². The van der Waals surface area contributed by atoms with Gasteiger partial charge in [0.25, 0.3) is 11.7 Å². The average molecular weight is 481 g/mol. The van der Waals surface area contributed by atoms with Gasteiger partial charge in [-0.1, -0.05) is 12.1 Å². The predicted octanol–water partition coefficient (Wildman–Crippen LogP) is 3.24. The molecular formula is C27H32N2O6. The minimum absolute atomic E-state index is 0.0151. The lowest BCUT2D eigenvalue weighted by molar-refractivity contribution is -0.140. The van der Waals surface area contributed by atoms with E-state index in [1.54, 1.807) is 48.4 Å². The summed E-state index contributed by atoms with van der Waals surface area (Å²) >= 11 is 0. The average Bonchev–Trinajstić information content (AvgIpc) is 3.12. The zero-order chi connectivity index (χ0) is 24.9. The first-order valence-corrected chi connectivity index (χ1v) is 11.9. The van der Waals surface area contributed by atoms with E-state index >= 15 is 0 Å². The number of ether oxygens (including phenoxy) is 3.